The molecule has 7 heteroatoms. The van der Waals surface area contributed by atoms with Crippen molar-refractivity contribution in [2.75, 3.05) is 13.1 Å². The Kier molecular flexibility index (Phi) is 3.89. The van der Waals surface area contributed by atoms with E-state index in [4.69, 9.17) is 10.00 Å². The van der Waals surface area contributed by atoms with Gasteiger partial charge in [0.1, 0.15) is 23.8 Å². The van der Waals surface area contributed by atoms with E-state index >= 15 is 0 Å². The van der Waals surface area contributed by atoms with Gasteiger partial charge in [-0.1, -0.05) is 0 Å². The summed E-state index contributed by atoms with van der Waals surface area (Å²) in [4.78, 5) is 17.5. The van der Waals surface area contributed by atoms with Gasteiger partial charge in [0, 0.05) is 18.3 Å². The number of nitriles is 1. The van der Waals surface area contributed by atoms with Crippen LogP contribution in [0.3, 0.4) is 0 Å². The molecule has 1 aromatic heterocycles. The van der Waals surface area contributed by atoms with Gasteiger partial charge in [-0.3, -0.25) is 4.79 Å². The second-order valence-electron chi connectivity index (χ2n) is 5.07. The van der Waals surface area contributed by atoms with Crippen molar-refractivity contribution in [2.45, 2.75) is 6.10 Å². The molecule has 116 valence electrons. The lowest BCUT2D eigenvalue weighted by molar-refractivity contribution is 0.0156. The molecule has 0 N–H and O–H groups in total. The highest BCUT2D eigenvalue weighted by molar-refractivity contribution is 5.95. The van der Waals surface area contributed by atoms with Crippen LogP contribution < -0.4 is 4.74 Å². The van der Waals surface area contributed by atoms with Crippen LogP contribution in [0, 0.1) is 23.0 Å². The molecule has 5 nitrogen and oxygen atoms in total. The largest absolute Gasteiger partial charge is 0.471 e. The Bertz CT molecular complexity index is 781. The molecule has 0 saturated carbocycles. The lowest BCUT2D eigenvalue weighted by Crippen LogP contribution is -2.56. The number of aromatic nitrogens is 1. The van der Waals surface area contributed by atoms with Crippen molar-refractivity contribution in [2.24, 2.45) is 0 Å². The van der Waals surface area contributed by atoms with Crippen LogP contribution in [0.5, 0.6) is 5.88 Å². The van der Waals surface area contributed by atoms with E-state index < -0.39 is 17.5 Å². The van der Waals surface area contributed by atoms with E-state index in [0.717, 1.165) is 12.1 Å². The van der Waals surface area contributed by atoms with Crippen molar-refractivity contribution in [3.8, 4) is 11.9 Å². The number of benzene rings is 1. The van der Waals surface area contributed by atoms with Crippen LogP contribution in [-0.4, -0.2) is 35.0 Å². The van der Waals surface area contributed by atoms with Crippen LogP contribution in [0.25, 0.3) is 0 Å². The second-order valence-corrected chi connectivity index (χ2v) is 5.07. The van der Waals surface area contributed by atoms with Crippen molar-refractivity contribution >= 4 is 5.91 Å². The average Bonchev–Trinajstić information content (AvgIpc) is 2.50. The molecule has 2 aromatic rings. The molecule has 1 amide bonds. The van der Waals surface area contributed by atoms with E-state index in [2.05, 4.69) is 4.98 Å². The summed E-state index contributed by atoms with van der Waals surface area (Å²) in [6.07, 6.45) is 1.15. The number of halogens is 2. The fourth-order valence-electron chi connectivity index (χ4n) is 2.20. The van der Waals surface area contributed by atoms with E-state index in [0.29, 0.717) is 17.5 Å². The Labute approximate surface area is 130 Å². The number of nitrogens with zero attached hydrogens (tertiary/aromatic N) is 3. The predicted octanol–water partition coefficient (Wildman–Crippen LogP) is 2.13. The Morgan fingerprint density at radius 2 is 2.09 bits per heavy atom. The first kappa shape index (κ1) is 14.9. The maximum Gasteiger partial charge on any atom is 0.257 e. The average molecular weight is 315 g/mol. The highest BCUT2D eigenvalue weighted by Crippen LogP contribution is 2.20. The summed E-state index contributed by atoms with van der Waals surface area (Å²) in [5, 5.41) is 8.68. The smallest absolute Gasteiger partial charge is 0.257 e. The fourth-order valence-corrected chi connectivity index (χ4v) is 2.20. The van der Waals surface area contributed by atoms with Crippen molar-refractivity contribution < 1.29 is 18.3 Å². The van der Waals surface area contributed by atoms with Crippen LogP contribution in [-0.2, 0) is 0 Å². The molecular weight excluding hydrogens is 304 g/mol. The molecule has 0 bridgehead atoms. The van der Waals surface area contributed by atoms with Gasteiger partial charge < -0.3 is 9.64 Å². The Morgan fingerprint density at radius 3 is 2.70 bits per heavy atom. The molecule has 0 spiro atoms. The van der Waals surface area contributed by atoms with Crippen LogP contribution in [0.4, 0.5) is 8.78 Å². The molecule has 0 aliphatic carbocycles. The Morgan fingerprint density at radius 1 is 1.30 bits per heavy atom. The van der Waals surface area contributed by atoms with Crippen molar-refractivity contribution in [3.63, 3.8) is 0 Å². The van der Waals surface area contributed by atoms with Crippen LogP contribution in [0.15, 0.2) is 36.5 Å². The van der Waals surface area contributed by atoms with E-state index in [9.17, 15) is 13.6 Å². The maximum atomic E-state index is 13.6. The van der Waals surface area contributed by atoms with Crippen molar-refractivity contribution in [1.82, 2.24) is 9.88 Å². The summed E-state index contributed by atoms with van der Waals surface area (Å²) in [6, 6.07) is 7.96. The quantitative estimate of drug-likeness (QED) is 0.870. The number of ether oxygens (including phenoxy) is 1. The highest BCUT2D eigenvalue weighted by atomic mass is 19.1. The molecule has 0 atom stereocenters. The number of pyridine rings is 1. The number of carbonyl (C=O) groups is 1. The first-order valence-electron chi connectivity index (χ1n) is 6.84. The summed E-state index contributed by atoms with van der Waals surface area (Å²) in [7, 11) is 0. The standard InChI is InChI=1S/C16H11F2N3O2/c17-11-2-3-13(14(18)5-11)16(22)21-8-12(9-21)23-15-4-1-10(6-19)7-20-15/h1-5,7,12H,8-9H2. The van der Waals surface area contributed by atoms with E-state index in [1.165, 1.54) is 11.1 Å². The monoisotopic (exact) mass is 315 g/mol. The van der Waals surface area contributed by atoms with Crippen LogP contribution >= 0.6 is 0 Å². The van der Waals surface area contributed by atoms with E-state index in [1.807, 2.05) is 6.07 Å². The first-order chi connectivity index (χ1) is 11.1. The molecule has 1 saturated heterocycles. The van der Waals surface area contributed by atoms with Gasteiger partial charge in [-0.25, -0.2) is 13.8 Å². The Hall–Kier alpha value is -3.01. The number of amides is 1. The van der Waals surface area contributed by atoms with Gasteiger partial charge in [0.2, 0.25) is 5.88 Å². The zero-order valence-corrected chi connectivity index (χ0v) is 11.9. The number of rotatable bonds is 3. The third-order valence-electron chi connectivity index (χ3n) is 3.45. The predicted molar refractivity (Wildman–Crippen MR) is 75.6 cm³/mol. The van der Waals surface area contributed by atoms with Crippen LogP contribution in [0.1, 0.15) is 15.9 Å². The summed E-state index contributed by atoms with van der Waals surface area (Å²) >= 11 is 0. The number of hydrogen-bond acceptors (Lipinski definition) is 4. The van der Waals surface area contributed by atoms with Gasteiger partial charge in [0.25, 0.3) is 5.91 Å². The molecule has 1 fully saturated rings. The maximum absolute atomic E-state index is 13.6. The number of hydrogen-bond donors (Lipinski definition) is 0. The van der Waals surface area contributed by atoms with Gasteiger partial charge in [0.15, 0.2) is 0 Å². The number of carbonyl (C=O) groups excluding carboxylic acids is 1. The lowest BCUT2D eigenvalue weighted by atomic mass is 10.1. The topological polar surface area (TPSA) is 66.2 Å². The van der Waals surface area contributed by atoms with E-state index in [-0.39, 0.29) is 24.8 Å². The summed E-state index contributed by atoms with van der Waals surface area (Å²) in [5.74, 6) is -1.76. The van der Waals surface area contributed by atoms with Crippen molar-refractivity contribution in [1.29, 1.82) is 5.26 Å². The normalized spacial score (nSPS) is 14.0. The molecule has 2 heterocycles. The van der Waals surface area contributed by atoms with E-state index in [1.54, 1.807) is 12.1 Å². The molecule has 1 aliphatic heterocycles. The summed E-state index contributed by atoms with van der Waals surface area (Å²) < 4.78 is 32.0. The molecule has 0 radical (unpaired) electrons. The van der Waals surface area contributed by atoms with Crippen molar-refractivity contribution in [3.05, 3.63) is 59.3 Å². The second kappa shape index (κ2) is 6.01. The van der Waals surface area contributed by atoms with Gasteiger partial charge >= 0.3 is 0 Å². The summed E-state index contributed by atoms with van der Waals surface area (Å²) in [6.45, 7) is 0.578. The first-order valence-corrected chi connectivity index (χ1v) is 6.84. The van der Waals surface area contributed by atoms with Gasteiger partial charge in [0.05, 0.1) is 24.2 Å². The fraction of sp³-hybridized carbons (Fsp3) is 0.188. The Balaban J connectivity index is 1.58. The summed E-state index contributed by atoms with van der Waals surface area (Å²) in [5.41, 5.74) is 0.260. The SMILES string of the molecule is N#Cc1ccc(OC2CN(C(=O)c3ccc(F)cc3F)C2)nc1. The third kappa shape index (κ3) is 3.11. The zero-order chi connectivity index (χ0) is 16.4. The molecule has 23 heavy (non-hydrogen) atoms. The van der Waals surface area contributed by atoms with Gasteiger partial charge in [-0.2, -0.15) is 5.26 Å². The minimum absolute atomic E-state index is 0.165. The lowest BCUT2D eigenvalue weighted by Gasteiger charge is -2.38. The molecular formula is C16H11F2N3O2. The molecule has 1 aromatic carbocycles. The molecule has 1 aliphatic rings. The minimum Gasteiger partial charge on any atom is -0.471 e. The molecule has 0 unspecified atom stereocenters. The number of likely N-dealkylation sites (tertiary alicyclic amines) is 1. The van der Waals surface area contributed by atoms with Crippen LogP contribution in [0.2, 0.25) is 0 Å². The zero-order valence-electron chi connectivity index (χ0n) is 11.9. The highest BCUT2D eigenvalue weighted by Gasteiger charge is 2.34. The third-order valence-corrected chi connectivity index (χ3v) is 3.45. The van der Waals surface area contributed by atoms with Gasteiger partial charge in [-0.15, -0.1) is 0 Å². The molecule has 3 rings (SSSR count). The van der Waals surface area contributed by atoms with Gasteiger partial charge in [-0.05, 0) is 18.2 Å². The minimum atomic E-state index is -0.881.